The average molecular weight is 313 g/mol. The Kier molecular flexibility index (Phi) is 3.92. The topological polar surface area (TPSA) is 52.6 Å². The molecule has 2 atom stereocenters. The van der Waals surface area contributed by atoms with Crippen molar-refractivity contribution in [3.63, 3.8) is 0 Å². The number of nitrogens with one attached hydrogen (secondary N) is 1. The molecule has 0 bridgehead atoms. The smallest absolute Gasteiger partial charge is 0.254 e. The summed E-state index contributed by atoms with van der Waals surface area (Å²) in [5.74, 6) is 0.0654. The summed E-state index contributed by atoms with van der Waals surface area (Å²) in [6.45, 7) is 5.66. The molecule has 0 radical (unpaired) electrons. The van der Waals surface area contributed by atoms with Crippen LogP contribution in [0, 0.1) is 0 Å². The van der Waals surface area contributed by atoms with Crippen LogP contribution in [0.2, 0.25) is 0 Å². The van der Waals surface area contributed by atoms with E-state index in [4.69, 9.17) is 0 Å². The van der Waals surface area contributed by atoms with Crippen LogP contribution in [0.3, 0.4) is 0 Å². The van der Waals surface area contributed by atoms with Crippen LogP contribution in [0.4, 0.5) is 0 Å². The summed E-state index contributed by atoms with van der Waals surface area (Å²) in [5.41, 5.74) is 0.524. The first-order valence-corrected chi connectivity index (χ1v) is 6.82. The third-order valence-corrected chi connectivity index (χ3v) is 3.93. The maximum absolute atomic E-state index is 12.5. The molecule has 0 saturated carbocycles. The van der Waals surface area contributed by atoms with Gasteiger partial charge in [0, 0.05) is 30.7 Å². The van der Waals surface area contributed by atoms with Crippen LogP contribution in [0.1, 0.15) is 24.2 Å². The Morgan fingerprint density at radius 2 is 2.00 bits per heavy atom. The first-order valence-electron chi connectivity index (χ1n) is 6.02. The van der Waals surface area contributed by atoms with Gasteiger partial charge < -0.3 is 15.3 Å². The second-order valence-electron chi connectivity index (χ2n) is 4.73. The lowest BCUT2D eigenvalue weighted by molar-refractivity contribution is 0.0544. The fourth-order valence-electron chi connectivity index (χ4n) is 2.33. The zero-order valence-corrected chi connectivity index (χ0v) is 12.1. The summed E-state index contributed by atoms with van der Waals surface area (Å²) in [7, 11) is 0. The lowest BCUT2D eigenvalue weighted by atomic mass is 10.1. The molecule has 1 amide bonds. The van der Waals surface area contributed by atoms with Crippen LogP contribution < -0.4 is 5.32 Å². The number of hydrogen-bond acceptors (Lipinski definition) is 3. The quantitative estimate of drug-likeness (QED) is 0.833. The molecular formula is C13H17BrN2O2. The Labute approximate surface area is 115 Å². The molecule has 0 spiro atoms. The first-order chi connectivity index (χ1) is 8.50. The lowest BCUT2D eigenvalue weighted by Crippen LogP contribution is -2.57. The van der Waals surface area contributed by atoms with Crippen molar-refractivity contribution >= 4 is 21.8 Å². The predicted octanol–water partition coefficient (Wildman–Crippen LogP) is 1.98. The van der Waals surface area contributed by atoms with E-state index in [9.17, 15) is 9.90 Å². The van der Waals surface area contributed by atoms with Crippen molar-refractivity contribution in [3.05, 3.63) is 28.2 Å². The second kappa shape index (κ2) is 5.28. The van der Waals surface area contributed by atoms with E-state index < -0.39 is 0 Å². The molecule has 1 aliphatic rings. The molecule has 2 unspecified atom stereocenters. The van der Waals surface area contributed by atoms with Gasteiger partial charge in [-0.25, -0.2) is 0 Å². The Bertz CT molecular complexity index is 454. The maximum atomic E-state index is 12.5. The summed E-state index contributed by atoms with van der Waals surface area (Å²) in [6, 6.07) is 5.25. The molecule has 4 nitrogen and oxygen atoms in total. The monoisotopic (exact) mass is 312 g/mol. The number of phenols is 1. The van der Waals surface area contributed by atoms with Gasteiger partial charge in [-0.15, -0.1) is 0 Å². The number of hydrogen-bond donors (Lipinski definition) is 2. The highest BCUT2D eigenvalue weighted by atomic mass is 79.9. The van der Waals surface area contributed by atoms with Crippen molar-refractivity contribution in [3.8, 4) is 5.75 Å². The summed E-state index contributed by atoms with van der Waals surface area (Å²) in [6.07, 6.45) is 0. The highest BCUT2D eigenvalue weighted by Gasteiger charge is 2.29. The molecule has 1 heterocycles. The van der Waals surface area contributed by atoms with Crippen LogP contribution >= 0.6 is 15.9 Å². The largest absolute Gasteiger partial charge is 0.507 e. The number of carbonyl (C=O) groups is 1. The van der Waals surface area contributed by atoms with Crippen LogP contribution in [-0.2, 0) is 0 Å². The minimum Gasteiger partial charge on any atom is -0.507 e. The van der Waals surface area contributed by atoms with E-state index in [1.165, 1.54) is 6.07 Å². The zero-order chi connectivity index (χ0) is 13.3. The number of rotatable bonds is 1. The number of halogens is 1. The standard InChI is InChI=1S/C13H17BrN2O2/c1-8-6-15-7-9(2)16(8)13(18)10-3-4-11(14)12(17)5-10/h3-5,8-9,15,17H,6-7H2,1-2H3. The second-order valence-corrected chi connectivity index (χ2v) is 5.59. The van der Waals surface area contributed by atoms with Gasteiger partial charge in [0.1, 0.15) is 5.75 Å². The molecule has 18 heavy (non-hydrogen) atoms. The third-order valence-electron chi connectivity index (χ3n) is 3.26. The van der Waals surface area contributed by atoms with Gasteiger partial charge in [-0.1, -0.05) is 0 Å². The molecule has 5 heteroatoms. The molecule has 1 aromatic carbocycles. The minimum absolute atomic E-state index is 0.0284. The van der Waals surface area contributed by atoms with Gasteiger partial charge in [-0.3, -0.25) is 4.79 Å². The van der Waals surface area contributed by atoms with Crippen molar-refractivity contribution in [2.45, 2.75) is 25.9 Å². The van der Waals surface area contributed by atoms with Gasteiger partial charge in [0.2, 0.25) is 0 Å². The Morgan fingerprint density at radius 3 is 2.56 bits per heavy atom. The normalized spacial score (nSPS) is 24.1. The number of nitrogens with zero attached hydrogens (tertiary/aromatic N) is 1. The van der Waals surface area contributed by atoms with Crippen molar-refractivity contribution in [1.82, 2.24) is 10.2 Å². The lowest BCUT2D eigenvalue weighted by Gasteiger charge is -2.39. The van der Waals surface area contributed by atoms with E-state index in [2.05, 4.69) is 21.2 Å². The van der Waals surface area contributed by atoms with Crippen LogP contribution in [-0.4, -0.2) is 41.1 Å². The van der Waals surface area contributed by atoms with Crippen LogP contribution in [0.25, 0.3) is 0 Å². The molecule has 0 aromatic heterocycles. The van der Waals surface area contributed by atoms with E-state index in [-0.39, 0.29) is 23.7 Å². The zero-order valence-electron chi connectivity index (χ0n) is 10.5. The van der Waals surface area contributed by atoms with Gasteiger partial charge >= 0.3 is 0 Å². The number of aromatic hydroxyl groups is 1. The van der Waals surface area contributed by atoms with E-state index in [0.717, 1.165) is 13.1 Å². The third kappa shape index (κ3) is 2.52. The Hall–Kier alpha value is -1.07. The summed E-state index contributed by atoms with van der Waals surface area (Å²) < 4.78 is 0.598. The number of amides is 1. The molecule has 0 aliphatic carbocycles. The van der Waals surface area contributed by atoms with E-state index in [1.807, 2.05) is 18.7 Å². The fourth-order valence-corrected chi connectivity index (χ4v) is 2.57. The first kappa shape index (κ1) is 13.4. The van der Waals surface area contributed by atoms with Gasteiger partial charge in [0.05, 0.1) is 4.47 Å². The molecule has 1 aromatic rings. The number of carbonyl (C=O) groups excluding carboxylic acids is 1. The van der Waals surface area contributed by atoms with E-state index in [1.54, 1.807) is 12.1 Å². The van der Waals surface area contributed by atoms with Crippen LogP contribution in [0.5, 0.6) is 5.75 Å². The Morgan fingerprint density at radius 1 is 1.39 bits per heavy atom. The Balaban J connectivity index is 2.26. The minimum atomic E-state index is -0.0284. The molecule has 2 N–H and O–H groups in total. The number of phenolic OH excluding ortho intramolecular Hbond substituents is 1. The maximum Gasteiger partial charge on any atom is 0.254 e. The summed E-state index contributed by atoms with van der Waals surface area (Å²) in [5, 5.41) is 12.9. The molecule has 1 fully saturated rings. The van der Waals surface area contributed by atoms with Crippen molar-refractivity contribution in [2.24, 2.45) is 0 Å². The van der Waals surface area contributed by atoms with Crippen LogP contribution in [0.15, 0.2) is 22.7 Å². The highest BCUT2D eigenvalue weighted by Crippen LogP contribution is 2.26. The SMILES string of the molecule is CC1CNCC(C)N1C(=O)c1ccc(Br)c(O)c1. The molecule has 98 valence electrons. The summed E-state index contributed by atoms with van der Waals surface area (Å²) in [4.78, 5) is 14.3. The van der Waals surface area contributed by atoms with Gasteiger partial charge in [-0.2, -0.15) is 0 Å². The van der Waals surface area contributed by atoms with Gasteiger partial charge in [-0.05, 0) is 48.0 Å². The van der Waals surface area contributed by atoms with E-state index >= 15 is 0 Å². The van der Waals surface area contributed by atoms with Crippen molar-refractivity contribution < 1.29 is 9.90 Å². The average Bonchev–Trinajstić information content (AvgIpc) is 2.32. The van der Waals surface area contributed by atoms with E-state index in [0.29, 0.717) is 10.0 Å². The number of benzene rings is 1. The highest BCUT2D eigenvalue weighted by molar-refractivity contribution is 9.10. The van der Waals surface area contributed by atoms with Crippen molar-refractivity contribution in [2.75, 3.05) is 13.1 Å². The van der Waals surface area contributed by atoms with Gasteiger partial charge in [0.15, 0.2) is 0 Å². The van der Waals surface area contributed by atoms with Gasteiger partial charge in [0.25, 0.3) is 5.91 Å². The summed E-state index contributed by atoms with van der Waals surface area (Å²) >= 11 is 3.21. The fraction of sp³-hybridized carbons (Fsp3) is 0.462. The molecular weight excluding hydrogens is 296 g/mol. The number of piperazine rings is 1. The van der Waals surface area contributed by atoms with Crippen molar-refractivity contribution in [1.29, 1.82) is 0 Å². The predicted molar refractivity (Wildman–Crippen MR) is 73.8 cm³/mol. The molecule has 1 aliphatic heterocycles. The molecule has 2 rings (SSSR count). The molecule has 1 saturated heterocycles.